The van der Waals surface area contributed by atoms with Crippen molar-refractivity contribution in [2.45, 2.75) is 4.90 Å². The van der Waals surface area contributed by atoms with Gasteiger partial charge in [-0.05, 0) is 18.2 Å². The van der Waals surface area contributed by atoms with Gasteiger partial charge in [-0.3, -0.25) is 0 Å². The maximum absolute atomic E-state index is 12.0. The summed E-state index contributed by atoms with van der Waals surface area (Å²) in [7, 11) is -3.70. The maximum atomic E-state index is 12.0. The number of nitrogens with one attached hydrogen (secondary N) is 1. The van der Waals surface area contributed by atoms with Gasteiger partial charge < -0.3 is 9.47 Å². The first-order valence-corrected chi connectivity index (χ1v) is 8.11. The molecule has 0 amide bonds. The van der Waals surface area contributed by atoms with Crippen molar-refractivity contribution in [1.29, 1.82) is 0 Å². The highest BCUT2D eigenvalue weighted by Crippen LogP contribution is 2.36. The van der Waals surface area contributed by atoms with Crippen LogP contribution in [0.2, 0.25) is 5.02 Å². The van der Waals surface area contributed by atoms with E-state index in [2.05, 4.69) is 9.93 Å². The fourth-order valence-corrected chi connectivity index (χ4v) is 2.86. The molecule has 0 fully saturated rings. The number of hydrogen-bond acceptors (Lipinski definition) is 5. The molecule has 6 nitrogen and oxygen atoms in total. The number of sulfonamides is 1. The SMILES string of the molecule is O=S(=O)(N/N=C\c1cc2c(cc1Cl)OCO2)c1ccccc1. The summed E-state index contributed by atoms with van der Waals surface area (Å²) in [6.45, 7) is 0.132. The highest BCUT2D eigenvalue weighted by atomic mass is 35.5. The normalized spacial score (nSPS) is 13.5. The molecule has 0 aromatic heterocycles. The molecule has 8 heteroatoms. The molecule has 1 aliphatic rings. The lowest BCUT2D eigenvalue weighted by atomic mass is 10.2. The van der Waals surface area contributed by atoms with Crippen molar-refractivity contribution < 1.29 is 17.9 Å². The second kappa shape index (κ2) is 5.86. The Kier molecular flexibility index (Phi) is 3.91. The van der Waals surface area contributed by atoms with E-state index in [-0.39, 0.29) is 11.7 Å². The van der Waals surface area contributed by atoms with Gasteiger partial charge >= 0.3 is 0 Å². The summed E-state index contributed by atoms with van der Waals surface area (Å²) in [5, 5.41) is 4.11. The molecule has 114 valence electrons. The molecular formula is C14H11ClN2O4S. The summed E-state index contributed by atoms with van der Waals surface area (Å²) in [6.07, 6.45) is 1.31. The van der Waals surface area contributed by atoms with E-state index in [1.807, 2.05) is 0 Å². The molecule has 0 saturated carbocycles. The number of hydrazone groups is 1. The Hall–Kier alpha value is -2.25. The van der Waals surface area contributed by atoms with Crippen molar-refractivity contribution in [3.05, 3.63) is 53.1 Å². The van der Waals surface area contributed by atoms with Crippen LogP contribution in [0, 0.1) is 0 Å². The first kappa shape index (κ1) is 14.7. The van der Waals surface area contributed by atoms with Crippen molar-refractivity contribution >= 4 is 27.8 Å². The zero-order valence-corrected chi connectivity index (χ0v) is 12.8. The summed E-state index contributed by atoms with van der Waals surface area (Å²) >= 11 is 6.07. The van der Waals surface area contributed by atoms with E-state index < -0.39 is 10.0 Å². The summed E-state index contributed by atoms with van der Waals surface area (Å²) in [4.78, 5) is 2.26. The van der Waals surface area contributed by atoms with E-state index in [1.165, 1.54) is 18.3 Å². The third-order valence-electron chi connectivity index (χ3n) is 2.92. The predicted molar refractivity (Wildman–Crippen MR) is 81.9 cm³/mol. The lowest BCUT2D eigenvalue weighted by molar-refractivity contribution is 0.174. The van der Waals surface area contributed by atoms with Crippen molar-refractivity contribution in [1.82, 2.24) is 4.83 Å². The second-order valence-electron chi connectivity index (χ2n) is 4.39. The average Bonchev–Trinajstić information content (AvgIpc) is 2.95. The van der Waals surface area contributed by atoms with Crippen LogP contribution in [0.4, 0.5) is 0 Å². The van der Waals surface area contributed by atoms with Gasteiger partial charge in [-0.1, -0.05) is 29.8 Å². The van der Waals surface area contributed by atoms with Gasteiger partial charge in [0.15, 0.2) is 11.5 Å². The second-order valence-corrected chi connectivity index (χ2v) is 6.46. The monoisotopic (exact) mass is 338 g/mol. The first-order chi connectivity index (χ1) is 10.6. The van der Waals surface area contributed by atoms with Crippen LogP contribution in [0.3, 0.4) is 0 Å². The Labute approximate surface area is 132 Å². The molecule has 3 rings (SSSR count). The van der Waals surface area contributed by atoms with Crippen molar-refractivity contribution in [3.8, 4) is 11.5 Å². The first-order valence-electron chi connectivity index (χ1n) is 6.25. The largest absolute Gasteiger partial charge is 0.454 e. The topological polar surface area (TPSA) is 77.0 Å². The van der Waals surface area contributed by atoms with Crippen LogP contribution in [0.15, 0.2) is 52.5 Å². The van der Waals surface area contributed by atoms with Crippen molar-refractivity contribution in [3.63, 3.8) is 0 Å². The molecule has 0 saturated heterocycles. The highest BCUT2D eigenvalue weighted by Gasteiger charge is 2.16. The zero-order valence-electron chi connectivity index (χ0n) is 11.2. The van der Waals surface area contributed by atoms with Crippen LogP contribution in [-0.2, 0) is 10.0 Å². The number of benzene rings is 2. The number of hydrogen-bond donors (Lipinski definition) is 1. The van der Waals surface area contributed by atoms with Crippen molar-refractivity contribution in [2.24, 2.45) is 5.10 Å². The summed E-state index contributed by atoms with van der Waals surface area (Å²) in [5.74, 6) is 1.09. The van der Waals surface area contributed by atoms with Crippen LogP contribution >= 0.6 is 11.6 Å². The number of fused-ring (bicyclic) bond motifs is 1. The Bertz CT molecular complexity index is 822. The minimum Gasteiger partial charge on any atom is -0.454 e. The third kappa shape index (κ3) is 3.00. The predicted octanol–water partition coefficient (Wildman–Crippen LogP) is 2.38. The van der Waals surface area contributed by atoms with Gasteiger partial charge in [0.25, 0.3) is 10.0 Å². The zero-order chi connectivity index (χ0) is 15.6. The van der Waals surface area contributed by atoms with Gasteiger partial charge in [-0.25, -0.2) is 4.83 Å². The Balaban J connectivity index is 1.78. The molecule has 1 aliphatic heterocycles. The minimum atomic E-state index is -3.70. The number of halogens is 1. The number of nitrogens with zero attached hydrogens (tertiary/aromatic N) is 1. The van der Waals surface area contributed by atoms with Crippen LogP contribution in [-0.4, -0.2) is 21.4 Å². The smallest absolute Gasteiger partial charge is 0.276 e. The molecular weight excluding hydrogens is 328 g/mol. The average molecular weight is 339 g/mol. The number of ether oxygens (including phenoxy) is 2. The molecule has 2 aromatic rings. The van der Waals surface area contributed by atoms with Gasteiger partial charge in [0.2, 0.25) is 6.79 Å². The molecule has 0 aliphatic carbocycles. The van der Waals surface area contributed by atoms with Gasteiger partial charge in [-0.2, -0.15) is 13.5 Å². The molecule has 2 aromatic carbocycles. The molecule has 0 radical (unpaired) electrons. The van der Waals surface area contributed by atoms with Crippen LogP contribution < -0.4 is 14.3 Å². The summed E-state index contributed by atoms with van der Waals surface area (Å²) < 4.78 is 34.4. The standard InChI is InChI=1S/C14H11ClN2O4S/c15-12-7-14-13(20-9-21-14)6-10(12)8-16-17-22(18,19)11-4-2-1-3-5-11/h1-8,17H,9H2/b16-8-. The molecule has 0 atom stereocenters. The molecule has 0 spiro atoms. The highest BCUT2D eigenvalue weighted by molar-refractivity contribution is 7.89. The Morgan fingerprint density at radius 1 is 1.14 bits per heavy atom. The summed E-state index contributed by atoms with van der Waals surface area (Å²) in [5.41, 5.74) is 0.515. The van der Waals surface area contributed by atoms with Crippen molar-refractivity contribution in [2.75, 3.05) is 6.79 Å². The fourth-order valence-electron chi connectivity index (χ4n) is 1.85. The van der Waals surface area contributed by atoms with Crippen LogP contribution in [0.1, 0.15) is 5.56 Å². The Morgan fingerprint density at radius 3 is 2.55 bits per heavy atom. The van der Waals surface area contributed by atoms with Gasteiger partial charge in [-0.15, -0.1) is 0 Å². The van der Waals surface area contributed by atoms with Gasteiger partial charge in [0.1, 0.15) is 0 Å². The molecule has 0 bridgehead atoms. The van der Waals surface area contributed by atoms with E-state index in [0.717, 1.165) is 0 Å². The van der Waals surface area contributed by atoms with E-state index >= 15 is 0 Å². The minimum absolute atomic E-state index is 0.129. The molecule has 22 heavy (non-hydrogen) atoms. The maximum Gasteiger partial charge on any atom is 0.276 e. The molecule has 1 heterocycles. The van der Waals surface area contributed by atoms with Crippen LogP contribution in [0.5, 0.6) is 11.5 Å². The number of rotatable bonds is 4. The molecule has 0 unspecified atom stereocenters. The van der Waals surface area contributed by atoms with Gasteiger partial charge in [0, 0.05) is 11.6 Å². The summed E-state index contributed by atoms with van der Waals surface area (Å²) in [6, 6.07) is 11.2. The lowest BCUT2D eigenvalue weighted by Gasteiger charge is -2.03. The van der Waals surface area contributed by atoms with E-state index in [1.54, 1.807) is 30.3 Å². The van der Waals surface area contributed by atoms with Crippen LogP contribution in [0.25, 0.3) is 0 Å². The fraction of sp³-hybridized carbons (Fsp3) is 0.0714. The van der Waals surface area contributed by atoms with E-state index in [0.29, 0.717) is 22.1 Å². The molecule has 1 N–H and O–H groups in total. The quantitative estimate of drug-likeness (QED) is 0.686. The van der Waals surface area contributed by atoms with E-state index in [9.17, 15) is 8.42 Å². The Morgan fingerprint density at radius 2 is 1.82 bits per heavy atom. The van der Waals surface area contributed by atoms with Gasteiger partial charge in [0.05, 0.1) is 16.1 Å². The third-order valence-corrected chi connectivity index (χ3v) is 4.49. The lowest BCUT2D eigenvalue weighted by Crippen LogP contribution is -2.18. The van der Waals surface area contributed by atoms with E-state index in [4.69, 9.17) is 21.1 Å².